The summed E-state index contributed by atoms with van der Waals surface area (Å²) in [4.78, 5) is 43.8. The molecule has 2 atom stereocenters. The van der Waals surface area contributed by atoms with Gasteiger partial charge in [-0.25, -0.2) is 9.59 Å². The Morgan fingerprint density at radius 3 is 2.26 bits per heavy atom. The lowest BCUT2D eigenvalue weighted by atomic mass is 9.90. The predicted octanol–water partition coefficient (Wildman–Crippen LogP) is 5.18. The first-order valence-corrected chi connectivity index (χ1v) is 15.1. The van der Waals surface area contributed by atoms with Crippen molar-refractivity contribution in [3.05, 3.63) is 71.8 Å². The third kappa shape index (κ3) is 9.48. The van der Waals surface area contributed by atoms with Crippen LogP contribution in [0.2, 0.25) is 0 Å². The first-order valence-electron chi connectivity index (χ1n) is 15.1. The summed E-state index contributed by atoms with van der Waals surface area (Å²) in [6, 6.07) is 18.7. The quantitative estimate of drug-likeness (QED) is 0.417. The lowest BCUT2D eigenvalue weighted by molar-refractivity contribution is -0.137. The Hall–Kier alpha value is -3.59. The minimum atomic E-state index is -0.716. The number of rotatable bonds is 10. The molecular formula is C33H45N3O6. The fourth-order valence-electron chi connectivity index (χ4n) is 5.59. The van der Waals surface area contributed by atoms with Crippen LogP contribution in [0.25, 0.3) is 0 Å². The van der Waals surface area contributed by atoms with E-state index >= 15 is 0 Å². The van der Waals surface area contributed by atoms with E-state index in [0.29, 0.717) is 52.1 Å². The van der Waals surface area contributed by atoms with Gasteiger partial charge in [0, 0.05) is 38.9 Å². The second-order valence-electron chi connectivity index (χ2n) is 12.1. The largest absolute Gasteiger partial charge is 0.445 e. The van der Waals surface area contributed by atoms with Gasteiger partial charge < -0.3 is 29.3 Å². The van der Waals surface area contributed by atoms with Gasteiger partial charge in [-0.05, 0) is 69.9 Å². The number of carbonyl (C=O) groups excluding carboxylic acids is 3. The van der Waals surface area contributed by atoms with Crippen molar-refractivity contribution < 1.29 is 28.6 Å². The van der Waals surface area contributed by atoms with Gasteiger partial charge in [0.2, 0.25) is 5.91 Å². The first kappa shape index (κ1) is 31.3. The average molecular weight is 580 g/mol. The number of benzene rings is 2. The summed E-state index contributed by atoms with van der Waals surface area (Å²) in [6.45, 7) is 8.09. The topological polar surface area (TPSA) is 97.4 Å². The number of nitrogens with zero attached hydrogens (tertiary/aromatic N) is 2. The van der Waals surface area contributed by atoms with E-state index in [-0.39, 0.29) is 24.5 Å². The van der Waals surface area contributed by atoms with Gasteiger partial charge in [0.25, 0.3) is 0 Å². The molecule has 2 heterocycles. The Balaban J connectivity index is 1.47. The smallest absolute Gasteiger partial charge is 0.410 e. The third-order valence-electron chi connectivity index (χ3n) is 7.74. The molecule has 0 radical (unpaired) electrons. The van der Waals surface area contributed by atoms with E-state index in [2.05, 4.69) is 5.32 Å². The highest BCUT2D eigenvalue weighted by Gasteiger charge is 2.40. The highest BCUT2D eigenvalue weighted by molar-refractivity contribution is 5.86. The molecule has 0 aliphatic carbocycles. The third-order valence-corrected chi connectivity index (χ3v) is 7.74. The number of ether oxygens (including phenoxy) is 3. The molecule has 4 rings (SSSR count). The van der Waals surface area contributed by atoms with Crippen LogP contribution in [0, 0.1) is 5.92 Å². The molecule has 0 aromatic heterocycles. The monoisotopic (exact) mass is 579 g/mol. The Morgan fingerprint density at radius 2 is 1.62 bits per heavy atom. The van der Waals surface area contributed by atoms with Crippen LogP contribution in [0.15, 0.2) is 60.7 Å². The van der Waals surface area contributed by atoms with E-state index < -0.39 is 23.8 Å². The Morgan fingerprint density at radius 1 is 0.976 bits per heavy atom. The summed E-state index contributed by atoms with van der Waals surface area (Å²) in [5.41, 5.74) is 1.36. The van der Waals surface area contributed by atoms with Crippen molar-refractivity contribution in [2.75, 3.05) is 32.8 Å². The molecule has 42 heavy (non-hydrogen) atoms. The van der Waals surface area contributed by atoms with E-state index in [1.54, 1.807) is 25.7 Å². The maximum absolute atomic E-state index is 14.1. The van der Waals surface area contributed by atoms with E-state index in [1.165, 1.54) is 0 Å². The summed E-state index contributed by atoms with van der Waals surface area (Å²) in [6.07, 6.45) is 2.63. The Labute approximate surface area is 249 Å². The summed E-state index contributed by atoms with van der Waals surface area (Å²) < 4.78 is 16.8. The summed E-state index contributed by atoms with van der Waals surface area (Å²) >= 11 is 0. The number of likely N-dealkylation sites (tertiary alicyclic amines) is 1. The van der Waals surface area contributed by atoms with Crippen molar-refractivity contribution in [2.45, 2.75) is 77.2 Å². The molecule has 2 saturated heterocycles. The molecule has 228 valence electrons. The van der Waals surface area contributed by atoms with Crippen LogP contribution in [0.4, 0.5) is 9.59 Å². The summed E-state index contributed by atoms with van der Waals surface area (Å²) in [5, 5.41) is 2.89. The van der Waals surface area contributed by atoms with E-state index in [9.17, 15) is 14.4 Å². The molecule has 2 aliphatic rings. The minimum absolute atomic E-state index is 0.0509. The molecule has 0 saturated carbocycles. The Bertz CT molecular complexity index is 1150. The molecule has 3 amide bonds. The number of amides is 3. The van der Waals surface area contributed by atoms with Crippen molar-refractivity contribution in [3.63, 3.8) is 0 Å². The van der Waals surface area contributed by atoms with Crippen LogP contribution >= 0.6 is 0 Å². The van der Waals surface area contributed by atoms with Crippen molar-refractivity contribution in [2.24, 2.45) is 5.92 Å². The van der Waals surface area contributed by atoms with Gasteiger partial charge in [-0.15, -0.1) is 0 Å². The zero-order chi connectivity index (χ0) is 30.0. The van der Waals surface area contributed by atoms with E-state index in [4.69, 9.17) is 14.2 Å². The van der Waals surface area contributed by atoms with Gasteiger partial charge in [-0.2, -0.15) is 0 Å². The first-order chi connectivity index (χ1) is 20.2. The highest BCUT2D eigenvalue weighted by Crippen LogP contribution is 2.26. The molecule has 2 aliphatic heterocycles. The maximum atomic E-state index is 14.1. The fraction of sp³-hybridized carbons (Fsp3) is 0.545. The lowest BCUT2D eigenvalue weighted by Gasteiger charge is -2.36. The van der Waals surface area contributed by atoms with Crippen molar-refractivity contribution >= 4 is 18.1 Å². The van der Waals surface area contributed by atoms with Gasteiger partial charge >= 0.3 is 12.2 Å². The van der Waals surface area contributed by atoms with Crippen LogP contribution in [0.3, 0.4) is 0 Å². The zero-order valence-electron chi connectivity index (χ0n) is 25.1. The molecular weight excluding hydrogens is 534 g/mol. The summed E-state index contributed by atoms with van der Waals surface area (Å²) in [7, 11) is 0. The number of alkyl carbamates (subject to hydrolysis) is 1. The van der Waals surface area contributed by atoms with Crippen LogP contribution in [0.5, 0.6) is 0 Å². The van der Waals surface area contributed by atoms with Gasteiger partial charge in [0.15, 0.2) is 0 Å². The molecule has 1 N–H and O–H groups in total. The van der Waals surface area contributed by atoms with Gasteiger partial charge in [-0.3, -0.25) is 4.79 Å². The molecule has 9 nitrogen and oxygen atoms in total. The van der Waals surface area contributed by atoms with Gasteiger partial charge in [0.05, 0.1) is 0 Å². The molecule has 0 spiro atoms. The average Bonchev–Trinajstić information content (AvgIpc) is 3.45. The molecule has 0 bridgehead atoms. The molecule has 2 fully saturated rings. The van der Waals surface area contributed by atoms with Gasteiger partial charge in [-0.1, -0.05) is 60.7 Å². The van der Waals surface area contributed by atoms with Crippen molar-refractivity contribution in [1.29, 1.82) is 0 Å². The van der Waals surface area contributed by atoms with Crippen molar-refractivity contribution in [3.8, 4) is 0 Å². The summed E-state index contributed by atoms with van der Waals surface area (Å²) in [5.74, 6) is -0.180. The highest BCUT2D eigenvalue weighted by atomic mass is 16.6. The normalized spacial score (nSPS) is 18.3. The number of hydrogen-bond donors (Lipinski definition) is 1. The molecule has 2 aromatic rings. The number of carbonyl (C=O) groups is 3. The molecule has 0 unspecified atom stereocenters. The Kier molecular flexibility index (Phi) is 11.2. The van der Waals surface area contributed by atoms with Crippen LogP contribution in [-0.4, -0.2) is 78.4 Å². The number of nitrogens with one attached hydrogen (secondary N) is 1. The molecule has 9 heteroatoms. The molecule has 2 aromatic carbocycles. The minimum Gasteiger partial charge on any atom is -0.445 e. The maximum Gasteiger partial charge on any atom is 0.410 e. The number of hydrogen-bond acceptors (Lipinski definition) is 6. The van der Waals surface area contributed by atoms with E-state index in [0.717, 1.165) is 24.0 Å². The van der Waals surface area contributed by atoms with Crippen molar-refractivity contribution in [1.82, 2.24) is 15.1 Å². The van der Waals surface area contributed by atoms with E-state index in [1.807, 2.05) is 65.6 Å². The zero-order valence-corrected chi connectivity index (χ0v) is 25.1. The van der Waals surface area contributed by atoms with Crippen LogP contribution in [-0.2, 0) is 32.0 Å². The predicted molar refractivity (Wildman–Crippen MR) is 160 cm³/mol. The SMILES string of the molecule is CC(C)(C)OC(=O)N[C@H](C(=O)N1CCC[C@H]1CN(CCc1ccccc1)C(=O)OCc1ccccc1)C1CCOCC1. The standard InChI is InChI=1S/C33H45N3O6/c1-33(2,3)42-31(38)34-29(27-17-21-40-22-18-27)30(37)36-19-10-15-28(36)23-35(20-16-25-11-6-4-7-12-25)32(39)41-24-26-13-8-5-9-14-26/h4-9,11-14,27-29H,10,15-24H2,1-3H3,(H,34,38)/t28-,29-/m0/s1. The second-order valence-corrected chi connectivity index (χ2v) is 12.1. The fourth-order valence-corrected chi connectivity index (χ4v) is 5.59. The van der Waals surface area contributed by atoms with Crippen LogP contribution < -0.4 is 5.32 Å². The van der Waals surface area contributed by atoms with Crippen LogP contribution in [0.1, 0.15) is 57.6 Å². The van der Waals surface area contributed by atoms with Gasteiger partial charge in [0.1, 0.15) is 18.2 Å². The lowest BCUT2D eigenvalue weighted by Crippen LogP contribution is -2.56. The second kappa shape index (κ2) is 15.0.